The number of urea groups is 1. The van der Waals surface area contributed by atoms with E-state index in [0.717, 1.165) is 17.7 Å². The predicted octanol–water partition coefficient (Wildman–Crippen LogP) is -0.0622. The molecule has 2 N–H and O–H groups in total. The summed E-state index contributed by atoms with van der Waals surface area (Å²) >= 11 is 0. The Bertz CT molecular complexity index is 442. The van der Waals surface area contributed by atoms with Crippen molar-refractivity contribution in [3.05, 3.63) is 0 Å². The highest BCUT2D eigenvalue weighted by molar-refractivity contribution is 6.06. The van der Waals surface area contributed by atoms with Crippen LogP contribution in [0.3, 0.4) is 0 Å². The van der Waals surface area contributed by atoms with Gasteiger partial charge in [0.25, 0.3) is 5.91 Å². The van der Waals surface area contributed by atoms with Gasteiger partial charge in [-0.25, -0.2) is 4.79 Å². The molecule has 2 fully saturated rings. The minimum Gasteiger partial charge on any atom is -0.396 e. The maximum atomic E-state index is 12.1. The molecule has 2 rings (SSSR count). The van der Waals surface area contributed by atoms with Gasteiger partial charge in [-0.05, 0) is 32.6 Å². The van der Waals surface area contributed by atoms with Gasteiger partial charge in [0.2, 0.25) is 5.91 Å². The van der Waals surface area contributed by atoms with E-state index in [-0.39, 0.29) is 37.3 Å². The van der Waals surface area contributed by atoms with E-state index in [9.17, 15) is 14.4 Å². The summed E-state index contributed by atoms with van der Waals surface area (Å²) in [5.74, 6) is -0.0585. The van der Waals surface area contributed by atoms with E-state index in [1.165, 1.54) is 0 Å². The molecule has 2 aliphatic heterocycles. The Kier molecular flexibility index (Phi) is 4.51. The van der Waals surface area contributed by atoms with Crippen molar-refractivity contribution in [2.45, 2.75) is 38.6 Å². The molecule has 118 valence electrons. The standard InChI is InChI=1S/C14H23N3O4/c1-14(2)12(20)17(13(21)15-14)8-5-11(19)16-6-3-10(9-18)4-7-16/h10,18H,3-9H2,1-2H3,(H,15,21). The van der Waals surface area contributed by atoms with Crippen LogP contribution in [0.4, 0.5) is 4.79 Å². The van der Waals surface area contributed by atoms with E-state index in [1.807, 2.05) is 0 Å². The van der Waals surface area contributed by atoms with Crippen LogP contribution in [0.1, 0.15) is 33.1 Å². The van der Waals surface area contributed by atoms with Crippen molar-refractivity contribution in [2.24, 2.45) is 5.92 Å². The Morgan fingerprint density at radius 3 is 2.43 bits per heavy atom. The highest BCUT2D eigenvalue weighted by Crippen LogP contribution is 2.19. The average Bonchev–Trinajstić information content (AvgIpc) is 2.65. The van der Waals surface area contributed by atoms with Crippen molar-refractivity contribution in [2.75, 3.05) is 26.2 Å². The number of rotatable bonds is 4. The first kappa shape index (κ1) is 15.8. The summed E-state index contributed by atoms with van der Waals surface area (Å²) < 4.78 is 0. The zero-order valence-electron chi connectivity index (χ0n) is 12.6. The van der Waals surface area contributed by atoms with Gasteiger partial charge in [-0.3, -0.25) is 14.5 Å². The number of likely N-dealkylation sites (tertiary alicyclic amines) is 1. The molecule has 7 heteroatoms. The Morgan fingerprint density at radius 1 is 1.33 bits per heavy atom. The van der Waals surface area contributed by atoms with Crippen molar-refractivity contribution in [3.63, 3.8) is 0 Å². The molecule has 2 aliphatic rings. The van der Waals surface area contributed by atoms with Crippen molar-refractivity contribution >= 4 is 17.8 Å². The number of piperidine rings is 1. The van der Waals surface area contributed by atoms with Gasteiger partial charge in [0.15, 0.2) is 0 Å². The zero-order valence-corrected chi connectivity index (χ0v) is 12.6. The van der Waals surface area contributed by atoms with E-state index in [2.05, 4.69) is 5.32 Å². The van der Waals surface area contributed by atoms with Crippen molar-refractivity contribution < 1.29 is 19.5 Å². The molecule has 0 aromatic rings. The molecule has 2 heterocycles. The summed E-state index contributed by atoms with van der Waals surface area (Å²) in [6.45, 7) is 4.85. The highest BCUT2D eigenvalue weighted by atomic mass is 16.3. The van der Waals surface area contributed by atoms with E-state index >= 15 is 0 Å². The fourth-order valence-electron chi connectivity index (χ4n) is 2.75. The van der Waals surface area contributed by atoms with Gasteiger partial charge in [0, 0.05) is 32.7 Å². The summed E-state index contributed by atoms with van der Waals surface area (Å²) in [5, 5.41) is 11.7. The molecule has 0 saturated carbocycles. The van der Waals surface area contributed by atoms with Crippen molar-refractivity contribution in [1.29, 1.82) is 0 Å². The summed E-state index contributed by atoms with van der Waals surface area (Å²) in [6.07, 6.45) is 1.76. The lowest BCUT2D eigenvalue weighted by atomic mass is 9.98. The van der Waals surface area contributed by atoms with E-state index in [0.29, 0.717) is 13.1 Å². The van der Waals surface area contributed by atoms with Gasteiger partial charge in [0.1, 0.15) is 5.54 Å². The number of aliphatic hydroxyl groups is 1. The third kappa shape index (κ3) is 3.34. The molecule has 7 nitrogen and oxygen atoms in total. The number of carbonyl (C=O) groups is 3. The van der Waals surface area contributed by atoms with E-state index < -0.39 is 11.6 Å². The first-order valence-electron chi connectivity index (χ1n) is 7.38. The van der Waals surface area contributed by atoms with Crippen LogP contribution in [0.5, 0.6) is 0 Å². The fraction of sp³-hybridized carbons (Fsp3) is 0.786. The molecule has 0 bridgehead atoms. The van der Waals surface area contributed by atoms with E-state index in [1.54, 1.807) is 18.7 Å². The van der Waals surface area contributed by atoms with Gasteiger partial charge < -0.3 is 15.3 Å². The van der Waals surface area contributed by atoms with Crippen molar-refractivity contribution in [3.8, 4) is 0 Å². The second-order valence-electron chi connectivity index (χ2n) is 6.27. The summed E-state index contributed by atoms with van der Waals surface area (Å²) in [5.41, 5.74) is -0.889. The maximum Gasteiger partial charge on any atom is 0.325 e. The third-order valence-electron chi connectivity index (χ3n) is 4.22. The lowest BCUT2D eigenvalue weighted by Crippen LogP contribution is -2.42. The second-order valence-corrected chi connectivity index (χ2v) is 6.27. The van der Waals surface area contributed by atoms with E-state index in [4.69, 9.17) is 5.11 Å². The van der Waals surface area contributed by atoms with Crippen LogP contribution < -0.4 is 5.32 Å². The molecule has 0 radical (unpaired) electrons. The monoisotopic (exact) mass is 297 g/mol. The largest absolute Gasteiger partial charge is 0.396 e. The molecule has 4 amide bonds. The SMILES string of the molecule is CC1(C)NC(=O)N(CCC(=O)N2CCC(CO)CC2)C1=O. The average molecular weight is 297 g/mol. The lowest BCUT2D eigenvalue weighted by Gasteiger charge is -2.31. The van der Waals surface area contributed by atoms with Gasteiger partial charge in [-0.1, -0.05) is 0 Å². The molecular formula is C14H23N3O4. The summed E-state index contributed by atoms with van der Waals surface area (Å²) in [6, 6.07) is -0.434. The van der Waals surface area contributed by atoms with Crippen LogP contribution >= 0.6 is 0 Å². The highest BCUT2D eigenvalue weighted by Gasteiger charge is 2.44. The Balaban J connectivity index is 1.82. The third-order valence-corrected chi connectivity index (χ3v) is 4.22. The quantitative estimate of drug-likeness (QED) is 0.711. The Morgan fingerprint density at radius 2 is 1.95 bits per heavy atom. The minimum atomic E-state index is -0.889. The number of nitrogens with one attached hydrogen (secondary N) is 1. The van der Waals surface area contributed by atoms with Gasteiger partial charge in [-0.2, -0.15) is 0 Å². The number of amides is 4. The maximum absolute atomic E-state index is 12.1. The second kappa shape index (κ2) is 6.01. The smallest absolute Gasteiger partial charge is 0.325 e. The zero-order chi connectivity index (χ0) is 15.6. The predicted molar refractivity (Wildman–Crippen MR) is 75.3 cm³/mol. The minimum absolute atomic E-state index is 0.0447. The van der Waals surface area contributed by atoms with Crippen LogP contribution in [0, 0.1) is 5.92 Å². The van der Waals surface area contributed by atoms with Crippen LogP contribution in [0.2, 0.25) is 0 Å². The topological polar surface area (TPSA) is 90.0 Å². The molecule has 0 aromatic carbocycles. The number of imide groups is 1. The molecular weight excluding hydrogens is 274 g/mol. The molecule has 0 spiro atoms. The van der Waals surface area contributed by atoms with Crippen LogP contribution in [-0.2, 0) is 9.59 Å². The molecule has 0 aromatic heterocycles. The van der Waals surface area contributed by atoms with Crippen LogP contribution in [0.25, 0.3) is 0 Å². The van der Waals surface area contributed by atoms with Gasteiger partial charge in [-0.15, -0.1) is 0 Å². The number of aliphatic hydroxyl groups excluding tert-OH is 1. The number of hydrogen-bond donors (Lipinski definition) is 2. The van der Waals surface area contributed by atoms with Crippen molar-refractivity contribution in [1.82, 2.24) is 15.1 Å². The van der Waals surface area contributed by atoms with Crippen LogP contribution in [-0.4, -0.2) is 64.5 Å². The van der Waals surface area contributed by atoms with Gasteiger partial charge in [0.05, 0.1) is 0 Å². The Hall–Kier alpha value is -1.63. The normalized spacial score (nSPS) is 22.6. The summed E-state index contributed by atoms with van der Waals surface area (Å²) in [4.78, 5) is 38.7. The molecule has 0 unspecified atom stereocenters. The number of carbonyl (C=O) groups excluding carboxylic acids is 3. The summed E-state index contributed by atoms with van der Waals surface area (Å²) in [7, 11) is 0. The lowest BCUT2D eigenvalue weighted by molar-refractivity contribution is -0.134. The molecule has 0 atom stereocenters. The first-order valence-corrected chi connectivity index (χ1v) is 7.38. The molecule has 2 saturated heterocycles. The van der Waals surface area contributed by atoms with Gasteiger partial charge >= 0.3 is 6.03 Å². The fourth-order valence-corrected chi connectivity index (χ4v) is 2.75. The Labute approximate surface area is 124 Å². The molecule has 21 heavy (non-hydrogen) atoms. The van der Waals surface area contributed by atoms with Crippen LogP contribution in [0.15, 0.2) is 0 Å². The first-order chi connectivity index (χ1) is 9.85. The number of hydrogen-bond acceptors (Lipinski definition) is 4. The number of nitrogens with zero attached hydrogens (tertiary/aromatic N) is 2. The molecule has 0 aliphatic carbocycles.